The van der Waals surface area contributed by atoms with Gasteiger partial charge in [-0.25, -0.2) is 8.78 Å². The lowest BCUT2D eigenvalue weighted by Gasteiger charge is -2.07. The highest BCUT2D eigenvalue weighted by Crippen LogP contribution is 2.25. The summed E-state index contributed by atoms with van der Waals surface area (Å²) in [6.45, 7) is 2.10. The SMILES string of the molecule is CNCc1ccnc(-c2ccc(F)c(C)c2F)c1. The number of nitrogens with one attached hydrogen (secondary N) is 1. The third-order valence-corrected chi connectivity index (χ3v) is 2.80. The fourth-order valence-corrected chi connectivity index (χ4v) is 1.79. The van der Waals surface area contributed by atoms with E-state index in [1.54, 1.807) is 12.3 Å². The fraction of sp³-hybridized carbons (Fsp3) is 0.214. The zero-order chi connectivity index (χ0) is 13.1. The number of hydrogen-bond acceptors (Lipinski definition) is 2. The van der Waals surface area contributed by atoms with Crippen LogP contribution in [0.25, 0.3) is 11.3 Å². The van der Waals surface area contributed by atoms with Crippen LogP contribution in [0.1, 0.15) is 11.1 Å². The quantitative estimate of drug-likeness (QED) is 0.903. The Bertz CT molecular complexity index is 568. The molecule has 0 fully saturated rings. The molecule has 0 aliphatic heterocycles. The highest BCUT2D eigenvalue weighted by molar-refractivity contribution is 5.61. The van der Waals surface area contributed by atoms with Gasteiger partial charge in [-0.05, 0) is 43.8 Å². The Morgan fingerprint density at radius 2 is 2.00 bits per heavy atom. The molecule has 0 bridgehead atoms. The fourth-order valence-electron chi connectivity index (χ4n) is 1.79. The van der Waals surface area contributed by atoms with Crippen LogP contribution in [0.4, 0.5) is 8.78 Å². The van der Waals surface area contributed by atoms with E-state index < -0.39 is 11.6 Å². The predicted molar refractivity (Wildman–Crippen MR) is 67.1 cm³/mol. The molecule has 1 aromatic heterocycles. The second-order valence-electron chi connectivity index (χ2n) is 4.11. The molecule has 2 rings (SSSR count). The van der Waals surface area contributed by atoms with Gasteiger partial charge in [0.25, 0.3) is 0 Å². The molecule has 0 radical (unpaired) electrons. The van der Waals surface area contributed by atoms with Crippen molar-refractivity contribution in [3.63, 3.8) is 0 Å². The summed E-state index contributed by atoms with van der Waals surface area (Å²) in [6, 6.07) is 6.34. The minimum atomic E-state index is -0.552. The van der Waals surface area contributed by atoms with Gasteiger partial charge in [0.05, 0.1) is 5.69 Å². The maximum atomic E-state index is 14.0. The van der Waals surface area contributed by atoms with Gasteiger partial charge in [-0.3, -0.25) is 4.98 Å². The molecular weight excluding hydrogens is 234 g/mol. The lowest BCUT2D eigenvalue weighted by atomic mass is 10.1. The molecule has 0 unspecified atom stereocenters. The van der Waals surface area contributed by atoms with Crippen LogP contribution in [0.3, 0.4) is 0 Å². The first-order valence-corrected chi connectivity index (χ1v) is 5.68. The second kappa shape index (κ2) is 5.23. The van der Waals surface area contributed by atoms with Gasteiger partial charge in [0.2, 0.25) is 0 Å². The number of halogens is 2. The van der Waals surface area contributed by atoms with Crippen molar-refractivity contribution in [2.45, 2.75) is 13.5 Å². The number of benzene rings is 1. The monoisotopic (exact) mass is 248 g/mol. The van der Waals surface area contributed by atoms with Crippen LogP contribution in [0, 0.1) is 18.6 Å². The van der Waals surface area contributed by atoms with Gasteiger partial charge in [-0.1, -0.05) is 0 Å². The molecule has 0 amide bonds. The van der Waals surface area contributed by atoms with Gasteiger partial charge in [0.15, 0.2) is 0 Å². The normalized spacial score (nSPS) is 10.7. The van der Waals surface area contributed by atoms with Gasteiger partial charge < -0.3 is 5.32 Å². The Labute approximate surface area is 105 Å². The van der Waals surface area contributed by atoms with E-state index in [1.165, 1.54) is 19.1 Å². The average Bonchev–Trinajstić information content (AvgIpc) is 2.37. The summed E-state index contributed by atoms with van der Waals surface area (Å²) in [4.78, 5) is 4.13. The molecule has 4 heteroatoms. The van der Waals surface area contributed by atoms with E-state index in [9.17, 15) is 8.78 Å². The van der Waals surface area contributed by atoms with Crippen LogP contribution in [-0.4, -0.2) is 12.0 Å². The van der Waals surface area contributed by atoms with Crippen molar-refractivity contribution in [1.82, 2.24) is 10.3 Å². The number of nitrogens with zero attached hydrogens (tertiary/aromatic N) is 1. The highest BCUT2D eigenvalue weighted by atomic mass is 19.1. The van der Waals surface area contributed by atoms with Gasteiger partial charge in [0.1, 0.15) is 11.6 Å². The van der Waals surface area contributed by atoms with Crippen molar-refractivity contribution in [3.05, 3.63) is 53.2 Å². The molecule has 0 saturated heterocycles. The molecule has 2 aromatic rings. The largest absolute Gasteiger partial charge is 0.316 e. The van der Waals surface area contributed by atoms with E-state index in [0.29, 0.717) is 17.8 Å². The van der Waals surface area contributed by atoms with E-state index in [-0.39, 0.29) is 5.56 Å². The maximum Gasteiger partial charge on any atom is 0.138 e. The van der Waals surface area contributed by atoms with Crippen molar-refractivity contribution >= 4 is 0 Å². The van der Waals surface area contributed by atoms with Crippen molar-refractivity contribution in [2.75, 3.05) is 7.05 Å². The molecule has 0 atom stereocenters. The summed E-state index contributed by atoms with van der Waals surface area (Å²) < 4.78 is 27.2. The van der Waals surface area contributed by atoms with Crippen molar-refractivity contribution in [1.29, 1.82) is 0 Å². The lowest BCUT2D eigenvalue weighted by Crippen LogP contribution is -2.05. The first-order chi connectivity index (χ1) is 8.63. The van der Waals surface area contributed by atoms with Crippen LogP contribution in [-0.2, 0) is 6.54 Å². The van der Waals surface area contributed by atoms with Crippen LogP contribution in [0.2, 0.25) is 0 Å². The molecule has 0 aliphatic rings. The Morgan fingerprint density at radius 3 is 2.72 bits per heavy atom. The molecule has 1 heterocycles. The van der Waals surface area contributed by atoms with Gasteiger partial charge in [0, 0.05) is 23.9 Å². The molecule has 0 aliphatic carbocycles. The van der Waals surface area contributed by atoms with Crippen LogP contribution in [0.5, 0.6) is 0 Å². The average molecular weight is 248 g/mol. The maximum absolute atomic E-state index is 14.0. The third kappa shape index (κ3) is 2.38. The first kappa shape index (κ1) is 12.6. The van der Waals surface area contributed by atoms with E-state index in [2.05, 4.69) is 10.3 Å². The summed E-state index contributed by atoms with van der Waals surface area (Å²) in [6.07, 6.45) is 1.63. The number of aromatic nitrogens is 1. The molecular formula is C14H14F2N2. The topological polar surface area (TPSA) is 24.9 Å². The van der Waals surface area contributed by atoms with Gasteiger partial charge >= 0.3 is 0 Å². The Kier molecular flexibility index (Phi) is 3.67. The van der Waals surface area contributed by atoms with E-state index in [4.69, 9.17) is 0 Å². The summed E-state index contributed by atoms with van der Waals surface area (Å²) >= 11 is 0. The second-order valence-corrected chi connectivity index (χ2v) is 4.11. The van der Waals surface area contributed by atoms with Gasteiger partial charge in [-0.15, -0.1) is 0 Å². The van der Waals surface area contributed by atoms with Gasteiger partial charge in [-0.2, -0.15) is 0 Å². The van der Waals surface area contributed by atoms with E-state index >= 15 is 0 Å². The Morgan fingerprint density at radius 1 is 1.22 bits per heavy atom. The summed E-state index contributed by atoms with van der Waals surface area (Å²) in [5.41, 5.74) is 1.87. The molecule has 18 heavy (non-hydrogen) atoms. The Hall–Kier alpha value is -1.81. The first-order valence-electron chi connectivity index (χ1n) is 5.68. The summed E-state index contributed by atoms with van der Waals surface area (Å²) in [5.74, 6) is -1.09. The minimum Gasteiger partial charge on any atom is -0.316 e. The molecule has 0 spiro atoms. The zero-order valence-corrected chi connectivity index (χ0v) is 10.3. The number of pyridine rings is 1. The van der Waals surface area contributed by atoms with Crippen molar-refractivity contribution in [3.8, 4) is 11.3 Å². The van der Waals surface area contributed by atoms with Crippen LogP contribution < -0.4 is 5.32 Å². The van der Waals surface area contributed by atoms with Crippen LogP contribution in [0.15, 0.2) is 30.5 Å². The summed E-state index contributed by atoms with van der Waals surface area (Å²) in [7, 11) is 1.84. The highest BCUT2D eigenvalue weighted by Gasteiger charge is 2.12. The van der Waals surface area contributed by atoms with Crippen molar-refractivity contribution in [2.24, 2.45) is 0 Å². The zero-order valence-electron chi connectivity index (χ0n) is 10.3. The molecule has 1 aromatic carbocycles. The van der Waals surface area contributed by atoms with Crippen molar-refractivity contribution < 1.29 is 8.78 Å². The Balaban J connectivity index is 2.48. The predicted octanol–water partition coefficient (Wildman–Crippen LogP) is 3.05. The van der Waals surface area contributed by atoms with Crippen LogP contribution >= 0.6 is 0 Å². The summed E-state index contributed by atoms with van der Waals surface area (Å²) in [5, 5.41) is 3.02. The third-order valence-electron chi connectivity index (χ3n) is 2.80. The van der Waals surface area contributed by atoms with E-state index in [0.717, 1.165) is 5.56 Å². The lowest BCUT2D eigenvalue weighted by molar-refractivity contribution is 0.570. The minimum absolute atomic E-state index is 0.0216. The molecule has 2 nitrogen and oxygen atoms in total. The number of hydrogen-bond donors (Lipinski definition) is 1. The smallest absolute Gasteiger partial charge is 0.138 e. The standard InChI is InChI=1S/C14H14F2N2/c1-9-12(15)4-3-11(14(9)16)13-7-10(8-17-2)5-6-18-13/h3-7,17H,8H2,1-2H3. The molecule has 1 N–H and O–H groups in total. The molecule has 0 saturated carbocycles. The molecule has 94 valence electrons. The number of rotatable bonds is 3. The van der Waals surface area contributed by atoms with E-state index in [1.807, 2.05) is 13.1 Å².